The summed E-state index contributed by atoms with van der Waals surface area (Å²) in [7, 11) is 1.63. The van der Waals surface area contributed by atoms with Crippen molar-refractivity contribution in [2.75, 3.05) is 20.2 Å². The summed E-state index contributed by atoms with van der Waals surface area (Å²) in [4.78, 5) is 4.50. The summed E-state index contributed by atoms with van der Waals surface area (Å²) in [5.74, 6) is 0.434. The first-order valence-electron chi connectivity index (χ1n) is 8.60. The van der Waals surface area contributed by atoms with E-state index >= 15 is 0 Å². The Hall–Kier alpha value is -1.96. The Bertz CT molecular complexity index is 632. The zero-order valence-corrected chi connectivity index (χ0v) is 15.5. The summed E-state index contributed by atoms with van der Waals surface area (Å²) in [5, 5.41) is 6.42. The Morgan fingerprint density at radius 3 is 2.58 bits per heavy atom. The van der Waals surface area contributed by atoms with Gasteiger partial charge >= 0.3 is 6.36 Å². The molecule has 2 rings (SSSR count). The zero-order chi connectivity index (χ0) is 19.4. The van der Waals surface area contributed by atoms with Crippen LogP contribution in [0, 0.1) is 0 Å². The molecule has 0 aliphatic heterocycles. The minimum absolute atomic E-state index is 0.0106. The maximum Gasteiger partial charge on any atom is 0.573 e. The van der Waals surface area contributed by atoms with Gasteiger partial charge in [-0.3, -0.25) is 4.99 Å². The highest BCUT2D eigenvalue weighted by Crippen LogP contribution is 2.45. The van der Waals surface area contributed by atoms with Crippen molar-refractivity contribution in [2.45, 2.75) is 51.1 Å². The average Bonchev–Trinajstić information content (AvgIpc) is 3.31. The van der Waals surface area contributed by atoms with Gasteiger partial charge in [-0.15, -0.1) is 13.2 Å². The maximum absolute atomic E-state index is 12.6. The van der Waals surface area contributed by atoms with Crippen LogP contribution in [0.4, 0.5) is 13.2 Å². The van der Waals surface area contributed by atoms with Gasteiger partial charge in [0, 0.05) is 25.6 Å². The van der Waals surface area contributed by atoms with E-state index in [0.29, 0.717) is 24.6 Å². The van der Waals surface area contributed by atoms with Crippen molar-refractivity contribution >= 4 is 5.96 Å². The number of aliphatic imine (C=N–C) groups is 1. The highest BCUT2D eigenvalue weighted by molar-refractivity contribution is 5.80. The molecule has 146 valence electrons. The Morgan fingerprint density at radius 1 is 1.27 bits per heavy atom. The number of alkyl halides is 3. The molecule has 26 heavy (non-hydrogen) atoms. The van der Waals surface area contributed by atoms with E-state index in [-0.39, 0.29) is 17.7 Å². The van der Waals surface area contributed by atoms with Crippen LogP contribution in [0.25, 0.3) is 0 Å². The molecule has 1 saturated carbocycles. The SMILES string of the molecule is CCNC(=NCC(C)(C)OC)NC1CC1c1ccccc1OC(F)(F)F. The van der Waals surface area contributed by atoms with Gasteiger partial charge in [0.15, 0.2) is 5.96 Å². The van der Waals surface area contributed by atoms with Crippen LogP contribution < -0.4 is 15.4 Å². The molecule has 5 nitrogen and oxygen atoms in total. The number of nitrogens with zero attached hydrogens (tertiary/aromatic N) is 1. The van der Waals surface area contributed by atoms with Crippen LogP contribution in [-0.4, -0.2) is 44.2 Å². The van der Waals surface area contributed by atoms with E-state index in [1.165, 1.54) is 12.1 Å². The second-order valence-electron chi connectivity index (χ2n) is 6.84. The second kappa shape index (κ2) is 8.16. The molecule has 0 heterocycles. The fraction of sp³-hybridized carbons (Fsp3) is 0.611. The van der Waals surface area contributed by atoms with E-state index in [4.69, 9.17) is 4.74 Å². The molecule has 1 aliphatic rings. The van der Waals surface area contributed by atoms with Crippen molar-refractivity contribution in [3.63, 3.8) is 0 Å². The van der Waals surface area contributed by atoms with Crippen molar-refractivity contribution in [3.8, 4) is 5.75 Å². The third kappa shape index (κ3) is 6.09. The number of methoxy groups -OCH3 is 1. The number of rotatable bonds is 7. The van der Waals surface area contributed by atoms with E-state index in [1.807, 2.05) is 20.8 Å². The number of guanidine groups is 1. The number of benzene rings is 1. The molecule has 0 saturated heterocycles. The van der Waals surface area contributed by atoms with Gasteiger partial charge in [-0.2, -0.15) is 0 Å². The predicted molar refractivity (Wildman–Crippen MR) is 94.5 cm³/mol. The molecule has 0 amide bonds. The summed E-state index contributed by atoms with van der Waals surface area (Å²) in [6.45, 7) is 6.97. The largest absolute Gasteiger partial charge is 0.573 e. The van der Waals surface area contributed by atoms with Gasteiger partial charge in [0.2, 0.25) is 0 Å². The molecule has 2 atom stereocenters. The third-order valence-corrected chi connectivity index (χ3v) is 4.17. The Kier molecular flexibility index (Phi) is 6.39. The average molecular weight is 373 g/mol. The Balaban J connectivity index is 2.04. The summed E-state index contributed by atoms with van der Waals surface area (Å²) < 4.78 is 47.2. The van der Waals surface area contributed by atoms with Gasteiger partial charge in [-0.05, 0) is 38.8 Å². The number of para-hydroxylation sites is 1. The van der Waals surface area contributed by atoms with E-state index in [0.717, 1.165) is 6.42 Å². The number of hydrogen-bond donors (Lipinski definition) is 2. The monoisotopic (exact) mass is 373 g/mol. The van der Waals surface area contributed by atoms with Crippen molar-refractivity contribution in [3.05, 3.63) is 29.8 Å². The van der Waals surface area contributed by atoms with Gasteiger partial charge in [0.05, 0.1) is 12.1 Å². The summed E-state index contributed by atoms with van der Waals surface area (Å²) in [6.07, 6.45) is -3.98. The lowest BCUT2D eigenvalue weighted by molar-refractivity contribution is -0.274. The minimum atomic E-state index is -4.70. The molecule has 1 aromatic rings. The van der Waals surface area contributed by atoms with Crippen LogP contribution >= 0.6 is 0 Å². The third-order valence-electron chi connectivity index (χ3n) is 4.17. The molecular formula is C18H26F3N3O2. The number of halogens is 3. The van der Waals surface area contributed by atoms with Crippen molar-refractivity contribution in [1.82, 2.24) is 10.6 Å². The molecule has 0 aromatic heterocycles. The first-order valence-corrected chi connectivity index (χ1v) is 8.60. The van der Waals surface area contributed by atoms with Crippen LogP contribution in [0.15, 0.2) is 29.3 Å². The summed E-state index contributed by atoms with van der Waals surface area (Å²) in [5.41, 5.74) is 0.161. The predicted octanol–water partition coefficient (Wildman–Crippen LogP) is 3.42. The molecular weight excluding hydrogens is 347 g/mol. The first-order chi connectivity index (χ1) is 12.1. The van der Waals surface area contributed by atoms with Crippen LogP contribution in [0.1, 0.15) is 38.7 Å². The first kappa shape index (κ1) is 20.4. The summed E-state index contributed by atoms with van der Waals surface area (Å²) >= 11 is 0. The second-order valence-corrected chi connectivity index (χ2v) is 6.84. The standard InChI is InChI=1S/C18H26F3N3O2/c1-5-22-16(23-11-17(2,3)25-4)24-14-10-13(14)12-8-6-7-9-15(12)26-18(19,20)21/h6-9,13-14H,5,10-11H2,1-4H3,(H2,22,23,24). The van der Waals surface area contributed by atoms with Crippen LogP contribution in [-0.2, 0) is 4.74 Å². The normalized spacial score (nSPS) is 20.7. The Morgan fingerprint density at radius 2 is 1.96 bits per heavy atom. The highest BCUT2D eigenvalue weighted by atomic mass is 19.4. The van der Waals surface area contributed by atoms with Crippen molar-refractivity contribution in [1.29, 1.82) is 0 Å². The van der Waals surface area contributed by atoms with Gasteiger partial charge < -0.3 is 20.1 Å². The van der Waals surface area contributed by atoms with Crippen molar-refractivity contribution < 1.29 is 22.6 Å². The van der Waals surface area contributed by atoms with Gasteiger partial charge in [-0.25, -0.2) is 0 Å². The fourth-order valence-electron chi connectivity index (χ4n) is 2.53. The maximum atomic E-state index is 12.6. The van der Waals surface area contributed by atoms with Gasteiger partial charge in [0.25, 0.3) is 0 Å². The lowest BCUT2D eigenvalue weighted by Gasteiger charge is -2.21. The highest BCUT2D eigenvalue weighted by Gasteiger charge is 2.42. The van der Waals surface area contributed by atoms with Crippen LogP contribution in [0.3, 0.4) is 0 Å². The molecule has 1 aliphatic carbocycles. The number of nitrogens with one attached hydrogen (secondary N) is 2. The smallest absolute Gasteiger partial charge is 0.405 e. The zero-order valence-electron chi connectivity index (χ0n) is 15.5. The fourth-order valence-corrected chi connectivity index (χ4v) is 2.53. The molecule has 0 radical (unpaired) electrons. The molecule has 1 aromatic carbocycles. The van der Waals surface area contributed by atoms with E-state index < -0.39 is 12.0 Å². The van der Waals surface area contributed by atoms with E-state index in [1.54, 1.807) is 19.2 Å². The molecule has 0 bridgehead atoms. The molecule has 0 spiro atoms. The number of hydrogen-bond acceptors (Lipinski definition) is 3. The van der Waals surface area contributed by atoms with Crippen molar-refractivity contribution in [2.24, 2.45) is 4.99 Å². The quantitative estimate of drug-likeness (QED) is 0.568. The van der Waals surface area contributed by atoms with E-state index in [2.05, 4.69) is 20.4 Å². The molecule has 1 fully saturated rings. The minimum Gasteiger partial charge on any atom is -0.405 e. The topological polar surface area (TPSA) is 54.9 Å². The Labute approximate surface area is 152 Å². The number of ether oxygens (including phenoxy) is 2. The van der Waals surface area contributed by atoms with Crippen LogP contribution in [0.5, 0.6) is 5.75 Å². The lowest BCUT2D eigenvalue weighted by atomic mass is 10.1. The van der Waals surface area contributed by atoms with Gasteiger partial charge in [0.1, 0.15) is 5.75 Å². The lowest BCUT2D eigenvalue weighted by Crippen LogP contribution is -2.40. The van der Waals surface area contributed by atoms with E-state index in [9.17, 15) is 13.2 Å². The molecule has 8 heteroatoms. The summed E-state index contributed by atoms with van der Waals surface area (Å²) in [6, 6.07) is 6.28. The molecule has 2 unspecified atom stereocenters. The molecule has 2 N–H and O–H groups in total. The van der Waals surface area contributed by atoms with Gasteiger partial charge in [-0.1, -0.05) is 18.2 Å². The van der Waals surface area contributed by atoms with Crippen LogP contribution in [0.2, 0.25) is 0 Å².